The number of sulfone groups is 1. The molecule has 37 heavy (non-hydrogen) atoms. The van der Waals surface area contributed by atoms with Gasteiger partial charge in [-0.15, -0.1) is 10.2 Å². The molecule has 1 aliphatic rings. The van der Waals surface area contributed by atoms with E-state index in [4.69, 9.17) is 25.8 Å². The molecule has 0 amide bonds. The van der Waals surface area contributed by atoms with Crippen molar-refractivity contribution in [3.63, 3.8) is 0 Å². The molecule has 3 heterocycles. The molecule has 1 saturated carbocycles. The summed E-state index contributed by atoms with van der Waals surface area (Å²) in [7, 11) is -0.932. The molecule has 200 valence electrons. The third kappa shape index (κ3) is 5.68. The number of hydrogen-bond acceptors (Lipinski definition) is 11. The van der Waals surface area contributed by atoms with E-state index in [1.807, 2.05) is 13.8 Å². The summed E-state index contributed by atoms with van der Waals surface area (Å²) >= 11 is 5.94. The maximum Gasteiger partial charge on any atom is 0.245 e. The van der Waals surface area contributed by atoms with E-state index in [0.29, 0.717) is 16.5 Å². The molecular weight excluding hydrogens is 522 g/mol. The molecule has 4 rings (SSSR count). The molecule has 0 radical (unpaired) electrons. The van der Waals surface area contributed by atoms with Crippen molar-refractivity contribution in [3.05, 3.63) is 41.2 Å². The minimum absolute atomic E-state index is 0.121. The Morgan fingerprint density at radius 2 is 1.65 bits per heavy atom. The number of nitrogens with zero attached hydrogens (tertiary/aromatic N) is 7. The van der Waals surface area contributed by atoms with Crippen LogP contribution in [0.2, 0.25) is 5.02 Å². The smallest absolute Gasteiger partial charge is 0.245 e. The lowest BCUT2D eigenvalue weighted by molar-refractivity contribution is 0.00143. The first kappa shape index (κ1) is 27.1. The van der Waals surface area contributed by atoms with Gasteiger partial charge in [0, 0.05) is 18.3 Å². The monoisotopic (exact) mass is 551 g/mol. The van der Waals surface area contributed by atoms with Crippen molar-refractivity contribution < 1.29 is 22.6 Å². The van der Waals surface area contributed by atoms with E-state index in [9.17, 15) is 8.42 Å². The fourth-order valence-corrected chi connectivity index (χ4v) is 5.55. The van der Waals surface area contributed by atoms with Crippen LogP contribution in [-0.4, -0.2) is 68.7 Å². The lowest BCUT2D eigenvalue weighted by Gasteiger charge is -2.27. The molecule has 0 aliphatic heterocycles. The minimum atomic E-state index is -3.87. The SMILES string of the molecule is COc1ncnc(OC)c1-n1c(CS(=O)(=O)[C@@H](C)[C@@H](OC(C)C)c2ncc(Cl)cn2)nnc1C1CCC1. The van der Waals surface area contributed by atoms with Crippen molar-refractivity contribution in [1.82, 2.24) is 34.7 Å². The van der Waals surface area contributed by atoms with Crippen LogP contribution < -0.4 is 9.47 Å². The van der Waals surface area contributed by atoms with E-state index >= 15 is 0 Å². The second kappa shape index (κ2) is 11.2. The number of halogens is 1. The highest BCUT2D eigenvalue weighted by atomic mass is 35.5. The summed E-state index contributed by atoms with van der Waals surface area (Å²) in [5.41, 5.74) is 0.355. The molecular formula is C23H30ClN7O5S. The van der Waals surface area contributed by atoms with Crippen LogP contribution in [0.3, 0.4) is 0 Å². The summed E-state index contributed by atoms with van der Waals surface area (Å²) in [4.78, 5) is 16.8. The van der Waals surface area contributed by atoms with Gasteiger partial charge in [0.25, 0.3) is 0 Å². The fraction of sp³-hybridized carbons (Fsp3) is 0.565. The lowest BCUT2D eigenvalue weighted by Crippen LogP contribution is -2.32. The second-order valence-corrected chi connectivity index (χ2v) is 11.9. The zero-order valence-corrected chi connectivity index (χ0v) is 22.9. The largest absolute Gasteiger partial charge is 0.479 e. The first-order valence-electron chi connectivity index (χ1n) is 11.9. The molecule has 0 unspecified atom stereocenters. The van der Waals surface area contributed by atoms with Crippen LogP contribution in [0.15, 0.2) is 18.7 Å². The predicted octanol–water partition coefficient (Wildman–Crippen LogP) is 3.26. The lowest BCUT2D eigenvalue weighted by atomic mass is 9.85. The first-order valence-corrected chi connectivity index (χ1v) is 14.0. The number of rotatable bonds is 11. The third-order valence-corrected chi connectivity index (χ3v) is 8.46. The van der Waals surface area contributed by atoms with Gasteiger partial charge in [-0.1, -0.05) is 18.0 Å². The number of methoxy groups -OCH3 is 2. The Kier molecular flexibility index (Phi) is 8.24. The maximum absolute atomic E-state index is 13.8. The molecule has 0 aromatic carbocycles. The van der Waals surface area contributed by atoms with Gasteiger partial charge in [0.15, 0.2) is 27.2 Å². The minimum Gasteiger partial charge on any atom is -0.479 e. The quantitative estimate of drug-likeness (QED) is 0.346. The summed E-state index contributed by atoms with van der Waals surface area (Å²) in [5.74, 6) is 1.16. The van der Waals surface area contributed by atoms with Crippen LogP contribution in [0.4, 0.5) is 0 Å². The molecule has 1 fully saturated rings. The Balaban J connectivity index is 1.77. The molecule has 0 N–H and O–H groups in total. The van der Waals surface area contributed by atoms with Gasteiger partial charge in [-0.2, -0.15) is 9.97 Å². The van der Waals surface area contributed by atoms with Crippen LogP contribution in [0.5, 0.6) is 11.8 Å². The number of aromatic nitrogens is 7. The zero-order valence-electron chi connectivity index (χ0n) is 21.3. The first-order chi connectivity index (χ1) is 17.7. The van der Waals surface area contributed by atoms with Crippen molar-refractivity contribution >= 4 is 21.4 Å². The van der Waals surface area contributed by atoms with Crippen LogP contribution in [0, 0.1) is 0 Å². The Bertz CT molecular complexity index is 1310. The van der Waals surface area contributed by atoms with Crippen LogP contribution in [0.25, 0.3) is 5.69 Å². The van der Waals surface area contributed by atoms with Crippen molar-refractivity contribution in [1.29, 1.82) is 0 Å². The summed E-state index contributed by atoms with van der Waals surface area (Å²) in [6.45, 7) is 5.20. The highest BCUT2D eigenvalue weighted by Crippen LogP contribution is 2.40. The molecule has 0 spiro atoms. The van der Waals surface area contributed by atoms with Gasteiger partial charge in [-0.25, -0.2) is 18.4 Å². The molecule has 0 bridgehead atoms. The highest BCUT2D eigenvalue weighted by molar-refractivity contribution is 7.91. The highest BCUT2D eigenvalue weighted by Gasteiger charge is 2.37. The van der Waals surface area contributed by atoms with Gasteiger partial charge in [0.05, 0.1) is 30.6 Å². The third-order valence-electron chi connectivity index (χ3n) is 6.23. The standard InChI is InChI=1S/C23H30ClN7O5S/c1-13(2)36-19(20-25-9-16(24)10-26-20)14(3)37(32,33)11-17-29-30-21(15-7-6-8-15)31(17)18-22(34-4)27-12-28-23(18)35-5/h9-10,12-15,19H,6-8,11H2,1-5H3/t14-,19+/m0/s1. The van der Waals surface area contributed by atoms with Gasteiger partial charge in [0.1, 0.15) is 24.0 Å². The molecule has 2 atom stereocenters. The van der Waals surface area contributed by atoms with Gasteiger partial charge >= 0.3 is 0 Å². The molecule has 3 aromatic heterocycles. The average molecular weight is 552 g/mol. The Morgan fingerprint density at radius 1 is 1.03 bits per heavy atom. The molecule has 0 saturated heterocycles. The van der Waals surface area contributed by atoms with Gasteiger partial charge in [-0.05, 0) is 33.6 Å². The fourth-order valence-electron chi connectivity index (χ4n) is 4.08. The van der Waals surface area contributed by atoms with E-state index in [1.165, 1.54) is 32.9 Å². The summed E-state index contributed by atoms with van der Waals surface area (Å²) in [6.07, 6.45) is 5.82. The van der Waals surface area contributed by atoms with Gasteiger partial charge < -0.3 is 14.2 Å². The summed E-state index contributed by atoms with van der Waals surface area (Å²) < 4.78 is 46.1. The van der Waals surface area contributed by atoms with E-state index in [-0.39, 0.29) is 35.4 Å². The van der Waals surface area contributed by atoms with E-state index in [1.54, 1.807) is 11.5 Å². The van der Waals surface area contributed by atoms with Gasteiger partial charge in [0.2, 0.25) is 11.8 Å². The normalized spacial score (nSPS) is 15.9. The number of ether oxygens (including phenoxy) is 3. The van der Waals surface area contributed by atoms with E-state index < -0.39 is 26.9 Å². The van der Waals surface area contributed by atoms with Crippen molar-refractivity contribution in [2.24, 2.45) is 0 Å². The van der Waals surface area contributed by atoms with Crippen molar-refractivity contribution in [2.45, 2.75) is 69.2 Å². The summed E-state index contributed by atoms with van der Waals surface area (Å²) in [5, 5.41) is 8.01. The second-order valence-electron chi connectivity index (χ2n) is 9.06. The molecule has 14 heteroatoms. The van der Waals surface area contributed by atoms with Crippen LogP contribution in [-0.2, 0) is 20.3 Å². The summed E-state index contributed by atoms with van der Waals surface area (Å²) in [6, 6.07) is 0. The van der Waals surface area contributed by atoms with Gasteiger partial charge in [-0.3, -0.25) is 4.57 Å². The Hall–Kier alpha value is -2.90. The van der Waals surface area contributed by atoms with Crippen LogP contribution in [0.1, 0.15) is 69.5 Å². The van der Waals surface area contributed by atoms with Crippen molar-refractivity contribution in [2.75, 3.05) is 14.2 Å². The molecule has 3 aromatic rings. The van der Waals surface area contributed by atoms with E-state index in [2.05, 4.69) is 30.1 Å². The van der Waals surface area contributed by atoms with E-state index in [0.717, 1.165) is 19.3 Å². The van der Waals surface area contributed by atoms with Crippen LogP contribution >= 0.6 is 11.6 Å². The number of hydrogen-bond donors (Lipinski definition) is 0. The maximum atomic E-state index is 13.8. The zero-order chi connectivity index (χ0) is 26.7. The van der Waals surface area contributed by atoms with Crippen molar-refractivity contribution in [3.8, 4) is 17.4 Å². The molecule has 1 aliphatic carbocycles. The Morgan fingerprint density at radius 3 is 2.16 bits per heavy atom. The topological polar surface area (TPSA) is 144 Å². The molecule has 12 nitrogen and oxygen atoms in total. The Labute approximate surface area is 220 Å². The predicted molar refractivity (Wildman–Crippen MR) is 135 cm³/mol. The average Bonchev–Trinajstić information content (AvgIpc) is 3.22.